The largest absolute Gasteiger partial charge is 0.449 e. The summed E-state index contributed by atoms with van der Waals surface area (Å²) in [5.41, 5.74) is 7.76. The van der Waals surface area contributed by atoms with E-state index in [0.717, 1.165) is 17.9 Å². The zero-order valence-electron chi connectivity index (χ0n) is 18.2. The second kappa shape index (κ2) is 6.32. The number of nitrogens with zero attached hydrogens (tertiary/aromatic N) is 1. The molecule has 0 fully saturated rings. The van der Waals surface area contributed by atoms with E-state index in [0.29, 0.717) is 5.92 Å². The molecule has 3 aromatic carbocycles. The third-order valence-corrected chi connectivity index (χ3v) is 6.22. The van der Waals surface area contributed by atoms with Gasteiger partial charge in [-0.3, -0.25) is 0 Å². The van der Waals surface area contributed by atoms with Crippen molar-refractivity contribution in [1.82, 2.24) is 0 Å². The lowest BCUT2D eigenvalue weighted by Gasteiger charge is -2.23. The molecule has 1 aliphatic rings. The van der Waals surface area contributed by atoms with Gasteiger partial charge >= 0.3 is 0 Å². The van der Waals surface area contributed by atoms with Crippen LogP contribution in [-0.2, 0) is 13.5 Å². The van der Waals surface area contributed by atoms with E-state index in [4.69, 9.17) is 4.74 Å². The monoisotopic (exact) mass is 382 g/mol. The van der Waals surface area contributed by atoms with Crippen molar-refractivity contribution in [2.24, 2.45) is 13.0 Å². The van der Waals surface area contributed by atoms with Gasteiger partial charge in [-0.2, -0.15) is 4.57 Å². The number of hydrogen-bond acceptors (Lipinski definition) is 1. The minimum Gasteiger partial charge on any atom is -0.449 e. The third-order valence-electron chi connectivity index (χ3n) is 6.22. The molecule has 2 nitrogen and oxygen atoms in total. The van der Waals surface area contributed by atoms with Crippen molar-refractivity contribution >= 4 is 21.5 Å². The quantitative estimate of drug-likeness (QED) is 0.309. The van der Waals surface area contributed by atoms with Gasteiger partial charge in [0.25, 0.3) is 5.69 Å². The van der Waals surface area contributed by atoms with E-state index in [1.54, 1.807) is 0 Å². The molecule has 1 aromatic heterocycles. The van der Waals surface area contributed by atoms with Crippen LogP contribution in [0.2, 0.25) is 0 Å². The average Bonchev–Trinajstić information content (AvgIpc) is 2.65. The van der Waals surface area contributed by atoms with Crippen molar-refractivity contribution in [1.29, 1.82) is 0 Å². The minimum atomic E-state index is 0.631. The molecule has 0 spiro atoms. The maximum Gasteiger partial charge on any atom is 0.257 e. The second-order valence-corrected chi connectivity index (χ2v) is 9.09. The lowest BCUT2D eigenvalue weighted by molar-refractivity contribution is -0.659. The minimum absolute atomic E-state index is 0.631. The molecule has 5 rings (SSSR count). The number of benzene rings is 3. The predicted molar refractivity (Wildman–Crippen MR) is 121 cm³/mol. The Morgan fingerprint density at radius 2 is 1.76 bits per heavy atom. The van der Waals surface area contributed by atoms with E-state index in [-0.39, 0.29) is 0 Å². The zero-order valence-corrected chi connectivity index (χ0v) is 18.2. The Labute approximate surface area is 172 Å². The van der Waals surface area contributed by atoms with Crippen LogP contribution < -0.4 is 9.30 Å². The van der Waals surface area contributed by atoms with Gasteiger partial charge in [-0.1, -0.05) is 32.0 Å². The molecule has 0 N–H and O–H groups in total. The van der Waals surface area contributed by atoms with E-state index in [2.05, 4.69) is 88.8 Å². The molecule has 0 saturated carbocycles. The van der Waals surface area contributed by atoms with Gasteiger partial charge in [-0.15, -0.1) is 0 Å². The predicted octanol–water partition coefficient (Wildman–Crippen LogP) is 6.71. The summed E-state index contributed by atoms with van der Waals surface area (Å²) >= 11 is 0. The van der Waals surface area contributed by atoms with Gasteiger partial charge in [-0.05, 0) is 78.9 Å². The van der Waals surface area contributed by atoms with Gasteiger partial charge in [0.15, 0.2) is 6.20 Å². The molecule has 0 bridgehead atoms. The van der Waals surface area contributed by atoms with E-state index >= 15 is 0 Å². The van der Waals surface area contributed by atoms with Crippen LogP contribution in [0.4, 0.5) is 0 Å². The summed E-state index contributed by atoms with van der Waals surface area (Å²) < 4.78 is 8.90. The smallest absolute Gasteiger partial charge is 0.257 e. The van der Waals surface area contributed by atoms with Crippen molar-refractivity contribution in [3.8, 4) is 22.8 Å². The topological polar surface area (TPSA) is 13.1 Å². The third kappa shape index (κ3) is 2.73. The Kier molecular flexibility index (Phi) is 3.96. The standard InChI is InChI=1S/C27H28NO/c1-15(2)9-19-7-8-20-14-28(6)26-24-18(5)17(4)12-21-10-16(3)11-23(25(21)24)29-27(26)22(20)13-19/h7-8,10-15H,9H2,1-6H3/q+1. The van der Waals surface area contributed by atoms with Crippen LogP contribution in [-0.4, -0.2) is 0 Å². The van der Waals surface area contributed by atoms with Crippen LogP contribution in [0.5, 0.6) is 11.5 Å². The van der Waals surface area contributed by atoms with Gasteiger partial charge in [0.1, 0.15) is 12.8 Å². The van der Waals surface area contributed by atoms with Gasteiger partial charge < -0.3 is 4.74 Å². The van der Waals surface area contributed by atoms with E-state index in [9.17, 15) is 0 Å². The van der Waals surface area contributed by atoms with E-state index in [1.807, 2.05) is 0 Å². The number of rotatable bonds is 2. The molecular weight excluding hydrogens is 354 g/mol. The molecule has 0 unspecified atom stereocenters. The number of ether oxygens (including phenoxy) is 1. The molecule has 0 saturated heterocycles. The Morgan fingerprint density at radius 1 is 0.966 bits per heavy atom. The number of aromatic nitrogens is 1. The van der Waals surface area contributed by atoms with E-state index in [1.165, 1.54) is 55.1 Å². The first kappa shape index (κ1) is 18.2. The van der Waals surface area contributed by atoms with Gasteiger partial charge in [-0.25, -0.2) is 0 Å². The summed E-state index contributed by atoms with van der Waals surface area (Å²) in [4.78, 5) is 0. The van der Waals surface area contributed by atoms with Crippen molar-refractivity contribution in [2.45, 2.75) is 41.0 Å². The molecule has 146 valence electrons. The first-order chi connectivity index (χ1) is 13.8. The Hall–Kier alpha value is -2.87. The lowest BCUT2D eigenvalue weighted by atomic mass is 9.89. The molecular formula is C27H28NO+. The second-order valence-electron chi connectivity index (χ2n) is 9.09. The Morgan fingerprint density at radius 3 is 2.52 bits per heavy atom. The molecule has 29 heavy (non-hydrogen) atoms. The fraction of sp³-hybridized carbons (Fsp3) is 0.296. The van der Waals surface area contributed by atoms with Gasteiger partial charge in [0.2, 0.25) is 5.75 Å². The fourth-order valence-corrected chi connectivity index (χ4v) is 4.84. The first-order valence-electron chi connectivity index (χ1n) is 10.5. The molecule has 0 radical (unpaired) electrons. The lowest BCUT2D eigenvalue weighted by Crippen LogP contribution is -2.32. The zero-order chi connectivity index (χ0) is 20.4. The highest BCUT2D eigenvalue weighted by atomic mass is 16.5. The molecule has 1 aliphatic heterocycles. The highest BCUT2D eigenvalue weighted by molar-refractivity contribution is 6.07. The highest BCUT2D eigenvalue weighted by Gasteiger charge is 2.32. The normalized spacial score (nSPS) is 12.5. The summed E-state index contributed by atoms with van der Waals surface area (Å²) in [5.74, 6) is 2.60. The molecule has 4 aromatic rings. The summed E-state index contributed by atoms with van der Waals surface area (Å²) in [6.45, 7) is 11.1. The average molecular weight is 383 g/mol. The molecule has 2 heterocycles. The van der Waals surface area contributed by atoms with Gasteiger partial charge in [0.05, 0.1) is 5.56 Å². The maximum absolute atomic E-state index is 6.66. The Balaban J connectivity index is 1.91. The van der Waals surface area contributed by atoms with Crippen LogP contribution in [0.25, 0.3) is 32.8 Å². The molecule has 0 amide bonds. The van der Waals surface area contributed by atoms with Gasteiger partial charge in [0, 0.05) is 16.2 Å². The fourth-order valence-electron chi connectivity index (χ4n) is 4.84. The first-order valence-corrected chi connectivity index (χ1v) is 10.5. The molecule has 0 atom stereocenters. The van der Waals surface area contributed by atoms with Crippen molar-refractivity contribution in [3.05, 3.63) is 64.8 Å². The van der Waals surface area contributed by atoms with Crippen LogP contribution in [0.1, 0.15) is 36.1 Å². The van der Waals surface area contributed by atoms with Crippen LogP contribution in [0.15, 0.2) is 42.6 Å². The summed E-state index contributed by atoms with van der Waals surface area (Å²) in [6, 6.07) is 13.6. The SMILES string of the molecule is Cc1cc2c3c(c(C)c(C)cc3c1)-c1c(c3cc(CC(C)C)ccc3c[n+]1C)O2. The van der Waals surface area contributed by atoms with Crippen molar-refractivity contribution in [3.63, 3.8) is 0 Å². The molecule has 2 heteroatoms. The number of hydrogen-bond donors (Lipinski definition) is 0. The maximum atomic E-state index is 6.66. The summed E-state index contributed by atoms with van der Waals surface area (Å²) in [5, 5.41) is 4.92. The van der Waals surface area contributed by atoms with Crippen LogP contribution in [0.3, 0.4) is 0 Å². The Bertz CT molecular complexity index is 1310. The molecule has 0 aliphatic carbocycles. The number of fused-ring (bicyclic) bond motifs is 4. The van der Waals surface area contributed by atoms with E-state index < -0.39 is 0 Å². The number of aryl methyl sites for hydroxylation is 3. The number of pyridine rings is 1. The van der Waals surface area contributed by atoms with Crippen LogP contribution in [0, 0.1) is 26.7 Å². The summed E-state index contributed by atoms with van der Waals surface area (Å²) in [7, 11) is 2.14. The van der Waals surface area contributed by atoms with Crippen LogP contribution >= 0.6 is 0 Å². The highest BCUT2D eigenvalue weighted by Crippen LogP contribution is 2.49. The van der Waals surface area contributed by atoms with Crippen molar-refractivity contribution in [2.75, 3.05) is 0 Å². The summed E-state index contributed by atoms with van der Waals surface area (Å²) in [6.07, 6.45) is 3.32. The van der Waals surface area contributed by atoms with Crippen molar-refractivity contribution < 1.29 is 9.30 Å².